The van der Waals surface area contributed by atoms with Crippen LogP contribution >= 0.6 is 12.2 Å². The lowest BCUT2D eigenvalue weighted by Crippen LogP contribution is -2.12. The SMILES string of the molecule is NC(=S)c1cnc(NCCO)nc1. The lowest BCUT2D eigenvalue weighted by Gasteiger charge is -2.02. The van der Waals surface area contributed by atoms with Crippen molar-refractivity contribution >= 4 is 23.2 Å². The van der Waals surface area contributed by atoms with Gasteiger partial charge in [0.1, 0.15) is 4.99 Å². The zero-order valence-electron chi connectivity index (χ0n) is 6.90. The Kier molecular flexibility index (Phi) is 3.53. The van der Waals surface area contributed by atoms with Gasteiger partial charge in [-0.3, -0.25) is 0 Å². The van der Waals surface area contributed by atoms with Crippen molar-refractivity contribution < 1.29 is 5.11 Å². The van der Waals surface area contributed by atoms with Crippen LogP contribution in [0, 0.1) is 0 Å². The van der Waals surface area contributed by atoms with E-state index in [0.717, 1.165) is 0 Å². The number of anilines is 1. The van der Waals surface area contributed by atoms with Crippen LogP contribution in [0.5, 0.6) is 0 Å². The average Bonchev–Trinajstić information content (AvgIpc) is 2.15. The third-order valence-electron chi connectivity index (χ3n) is 1.33. The molecule has 5 nitrogen and oxygen atoms in total. The van der Waals surface area contributed by atoms with Crippen molar-refractivity contribution in [2.75, 3.05) is 18.5 Å². The van der Waals surface area contributed by atoms with E-state index >= 15 is 0 Å². The highest BCUT2D eigenvalue weighted by Crippen LogP contribution is 1.99. The number of hydrogen-bond donors (Lipinski definition) is 3. The molecule has 1 rings (SSSR count). The standard InChI is InChI=1S/C7H10N4OS/c8-6(13)5-3-10-7(11-4-5)9-1-2-12/h3-4,12H,1-2H2,(H2,8,13)(H,9,10,11). The van der Waals surface area contributed by atoms with Crippen LogP contribution in [0.15, 0.2) is 12.4 Å². The molecule has 6 heteroatoms. The van der Waals surface area contributed by atoms with Crippen LogP contribution in [0.1, 0.15) is 5.56 Å². The quantitative estimate of drug-likeness (QED) is 0.566. The van der Waals surface area contributed by atoms with Gasteiger partial charge in [-0.1, -0.05) is 12.2 Å². The van der Waals surface area contributed by atoms with Gasteiger partial charge in [0, 0.05) is 24.5 Å². The van der Waals surface area contributed by atoms with Crippen molar-refractivity contribution in [1.29, 1.82) is 0 Å². The Labute approximate surface area is 81.0 Å². The normalized spacial score (nSPS) is 9.62. The highest BCUT2D eigenvalue weighted by atomic mass is 32.1. The van der Waals surface area contributed by atoms with Gasteiger partial charge in [-0.2, -0.15) is 0 Å². The molecule has 0 amide bonds. The Bertz CT molecular complexity index is 287. The third kappa shape index (κ3) is 2.92. The van der Waals surface area contributed by atoms with E-state index in [4.69, 9.17) is 23.1 Å². The third-order valence-corrected chi connectivity index (χ3v) is 1.57. The van der Waals surface area contributed by atoms with E-state index in [-0.39, 0.29) is 11.6 Å². The number of thiocarbonyl (C=S) groups is 1. The molecule has 0 spiro atoms. The van der Waals surface area contributed by atoms with Crippen LogP contribution in [-0.4, -0.2) is 33.2 Å². The van der Waals surface area contributed by atoms with Crippen molar-refractivity contribution in [3.63, 3.8) is 0 Å². The van der Waals surface area contributed by atoms with Crippen molar-refractivity contribution in [1.82, 2.24) is 9.97 Å². The average molecular weight is 198 g/mol. The monoisotopic (exact) mass is 198 g/mol. The molecule has 0 saturated heterocycles. The second-order valence-electron chi connectivity index (χ2n) is 2.31. The summed E-state index contributed by atoms with van der Waals surface area (Å²) in [4.78, 5) is 8.15. The number of aromatic nitrogens is 2. The molecule has 0 aliphatic rings. The lowest BCUT2D eigenvalue weighted by atomic mass is 10.3. The first-order valence-electron chi connectivity index (χ1n) is 3.70. The molecule has 1 aromatic rings. The zero-order valence-corrected chi connectivity index (χ0v) is 7.71. The van der Waals surface area contributed by atoms with Crippen LogP contribution in [0.2, 0.25) is 0 Å². The highest BCUT2D eigenvalue weighted by molar-refractivity contribution is 7.80. The molecule has 0 aliphatic carbocycles. The Hall–Kier alpha value is -1.27. The number of nitrogens with one attached hydrogen (secondary N) is 1. The van der Waals surface area contributed by atoms with Gasteiger partial charge in [-0.25, -0.2) is 9.97 Å². The molecule has 0 aromatic carbocycles. The fourth-order valence-corrected chi connectivity index (χ4v) is 0.820. The van der Waals surface area contributed by atoms with E-state index in [9.17, 15) is 0 Å². The van der Waals surface area contributed by atoms with Gasteiger partial charge in [0.2, 0.25) is 5.95 Å². The first-order valence-corrected chi connectivity index (χ1v) is 4.11. The molecule has 0 unspecified atom stereocenters. The van der Waals surface area contributed by atoms with Gasteiger partial charge in [0.15, 0.2) is 0 Å². The van der Waals surface area contributed by atoms with Crippen molar-refractivity contribution in [2.45, 2.75) is 0 Å². The first-order chi connectivity index (χ1) is 6.24. The van der Waals surface area contributed by atoms with E-state index in [0.29, 0.717) is 18.1 Å². The Morgan fingerprint density at radius 1 is 1.54 bits per heavy atom. The zero-order chi connectivity index (χ0) is 9.68. The van der Waals surface area contributed by atoms with E-state index < -0.39 is 0 Å². The molecule has 1 aromatic heterocycles. The second kappa shape index (κ2) is 4.68. The molecule has 0 bridgehead atoms. The predicted octanol–water partition coefficient (Wildman–Crippen LogP) is -0.485. The minimum atomic E-state index is 0.0421. The predicted molar refractivity (Wildman–Crippen MR) is 53.5 cm³/mol. The minimum Gasteiger partial charge on any atom is -0.395 e. The lowest BCUT2D eigenvalue weighted by molar-refractivity contribution is 0.311. The molecule has 4 N–H and O–H groups in total. The number of nitrogens with zero attached hydrogens (tertiary/aromatic N) is 2. The summed E-state index contributed by atoms with van der Waals surface area (Å²) < 4.78 is 0. The van der Waals surface area contributed by atoms with E-state index in [1.165, 1.54) is 12.4 Å². The Morgan fingerprint density at radius 3 is 2.62 bits per heavy atom. The van der Waals surface area contributed by atoms with Crippen LogP contribution in [0.4, 0.5) is 5.95 Å². The molecule has 1 heterocycles. The molecule has 0 radical (unpaired) electrons. The van der Waals surface area contributed by atoms with Gasteiger partial charge in [-0.15, -0.1) is 0 Å². The van der Waals surface area contributed by atoms with Crippen molar-refractivity contribution in [3.8, 4) is 0 Å². The summed E-state index contributed by atoms with van der Waals surface area (Å²) in [6.07, 6.45) is 3.07. The second-order valence-corrected chi connectivity index (χ2v) is 2.75. The van der Waals surface area contributed by atoms with E-state index in [1.807, 2.05) is 0 Å². The molecule has 0 saturated carbocycles. The smallest absolute Gasteiger partial charge is 0.222 e. The summed E-state index contributed by atoms with van der Waals surface area (Å²) in [5.41, 5.74) is 5.98. The number of hydrogen-bond acceptors (Lipinski definition) is 5. The van der Waals surface area contributed by atoms with Gasteiger partial charge >= 0.3 is 0 Å². The molecular weight excluding hydrogens is 188 g/mol. The maximum absolute atomic E-state index is 8.51. The summed E-state index contributed by atoms with van der Waals surface area (Å²) in [6, 6.07) is 0. The fourth-order valence-electron chi connectivity index (χ4n) is 0.714. The molecule has 70 valence electrons. The summed E-state index contributed by atoms with van der Waals surface area (Å²) in [7, 11) is 0. The Balaban J connectivity index is 2.64. The molecule has 0 fully saturated rings. The maximum atomic E-state index is 8.51. The largest absolute Gasteiger partial charge is 0.395 e. The topological polar surface area (TPSA) is 84.1 Å². The van der Waals surface area contributed by atoms with E-state index in [1.54, 1.807) is 0 Å². The van der Waals surface area contributed by atoms with Crippen LogP contribution in [-0.2, 0) is 0 Å². The van der Waals surface area contributed by atoms with Gasteiger partial charge in [0.25, 0.3) is 0 Å². The maximum Gasteiger partial charge on any atom is 0.222 e. The number of aliphatic hydroxyl groups is 1. The van der Waals surface area contributed by atoms with E-state index in [2.05, 4.69) is 15.3 Å². The van der Waals surface area contributed by atoms with Crippen molar-refractivity contribution in [2.24, 2.45) is 5.73 Å². The molecule has 0 aliphatic heterocycles. The Morgan fingerprint density at radius 2 is 2.15 bits per heavy atom. The van der Waals surface area contributed by atoms with Crippen LogP contribution in [0.25, 0.3) is 0 Å². The first kappa shape index (κ1) is 9.82. The molecule has 0 atom stereocenters. The summed E-state index contributed by atoms with van der Waals surface area (Å²) >= 11 is 4.73. The number of aliphatic hydroxyl groups excluding tert-OH is 1. The van der Waals surface area contributed by atoms with Gasteiger partial charge < -0.3 is 16.2 Å². The van der Waals surface area contributed by atoms with Crippen molar-refractivity contribution in [3.05, 3.63) is 18.0 Å². The minimum absolute atomic E-state index is 0.0421. The molecule has 13 heavy (non-hydrogen) atoms. The summed E-state index contributed by atoms with van der Waals surface area (Å²) in [6.45, 7) is 0.465. The summed E-state index contributed by atoms with van der Waals surface area (Å²) in [5, 5.41) is 11.3. The fraction of sp³-hybridized carbons (Fsp3) is 0.286. The van der Waals surface area contributed by atoms with Gasteiger partial charge in [-0.05, 0) is 0 Å². The van der Waals surface area contributed by atoms with Gasteiger partial charge in [0.05, 0.1) is 6.61 Å². The van der Waals surface area contributed by atoms with Crippen LogP contribution < -0.4 is 11.1 Å². The highest BCUT2D eigenvalue weighted by Gasteiger charge is 1.98. The van der Waals surface area contributed by atoms with Crippen LogP contribution in [0.3, 0.4) is 0 Å². The summed E-state index contributed by atoms with van der Waals surface area (Å²) in [5.74, 6) is 0.453. The molecular formula is C7H10N4OS. The number of nitrogens with two attached hydrogens (primary N) is 1. The number of rotatable bonds is 4.